The lowest BCUT2D eigenvalue weighted by molar-refractivity contribution is 0.134. The molecule has 1 aromatic rings. The van der Waals surface area contributed by atoms with E-state index in [4.69, 9.17) is 5.73 Å². The monoisotopic (exact) mass is 237 g/mol. The van der Waals surface area contributed by atoms with E-state index in [1.165, 1.54) is 10.5 Å². The first kappa shape index (κ1) is 12.0. The summed E-state index contributed by atoms with van der Waals surface area (Å²) in [5.41, 5.74) is 7.04. The number of benzene rings is 1. The van der Waals surface area contributed by atoms with Gasteiger partial charge in [-0.15, -0.1) is 11.8 Å². The fraction of sp³-hybridized carbons (Fsp3) is 0.538. The highest BCUT2D eigenvalue weighted by Gasteiger charge is 2.31. The molecule has 0 aliphatic carbocycles. The molecule has 0 bridgehead atoms. The molecule has 3 heteroatoms. The third-order valence-electron chi connectivity index (χ3n) is 3.41. The number of nitrogens with two attached hydrogens (primary N) is 1. The second-order valence-corrected chi connectivity index (χ2v) is 5.98. The van der Waals surface area contributed by atoms with Crippen LogP contribution in [0.4, 0.5) is 0 Å². The average molecular weight is 237 g/mol. The van der Waals surface area contributed by atoms with E-state index in [0.717, 1.165) is 12.2 Å². The van der Waals surface area contributed by atoms with Crippen molar-refractivity contribution >= 4 is 11.8 Å². The number of aliphatic hydroxyl groups is 1. The molecule has 1 aliphatic heterocycles. The topological polar surface area (TPSA) is 46.2 Å². The molecule has 1 heterocycles. The van der Waals surface area contributed by atoms with E-state index < -0.39 is 0 Å². The highest BCUT2D eigenvalue weighted by atomic mass is 32.2. The summed E-state index contributed by atoms with van der Waals surface area (Å²) in [6, 6.07) is 8.56. The van der Waals surface area contributed by atoms with Crippen molar-refractivity contribution in [3.8, 4) is 0 Å². The van der Waals surface area contributed by atoms with Crippen LogP contribution in [-0.2, 0) is 0 Å². The van der Waals surface area contributed by atoms with Gasteiger partial charge in [-0.25, -0.2) is 0 Å². The van der Waals surface area contributed by atoms with Crippen molar-refractivity contribution in [2.24, 2.45) is 11.1 Å². The maximum Gasteiger partial charge on any atom is 0.0497 e. The first-order valence-corrected chi connectivity index (χ1v) is 6.70. The Morgan fingerprint density at radius 1 is 1.50 bits per heavy atom. The van der Waals surface area contributed by atoms with Gasteiger partial charge in [-0.3, -0.25) is 0 Å². The van der Waals surface area contributed by atoms with E-state index in [2.05, 4.69) is 31.2 Å². The third kappa shape index (κ3) is 2.26. The van der Waals surface area contributed by atoms with Crippen LogP contribution in [0, 0.1) is 5.41 Å². The molecule has 1 aliphatic rings. The van der Waals surface area contributed by atoms with E-state index in [0.29, 0.717) is 12.5 Å². The molecule has 0 fully saturated rings. The van der Waals surface area contributed by atoms with E-state index in [-0.39, 0.29) is 12.0 Å². The van der Waals surface area contributed by atoms with Crippen LogP contribution < -0.4 is 5.73 Å². The highest BCUT2D eigenvalue weighted by Crippen LogP contribution is 2.44. The summed E-state index contributed by atoms with van der Waals surface area (Å²) in [6.07, 6.45) is 0.976. The molecule has 2 rings (SSSR count). The molecule has 2 unspecified atom stereocenters. The van der Waals surface area contributed by atoms with Gasteiger partial charge in [0.2, 0.25) is 0 Å². The fourth-order valence-corrected chi connectivity index (χ4v) is 3.46. The molecule has 0 radical (unpaired) electrons. The number of rotatable bonds is 4. The van der Waals surface area contributed by atoms with Crippen LogP contribution in [0.5, 0.6) is 0 Å². The molecule has 1 aromatic carbocycles. The van der Waals surface area contributed by atoms with Crippen LogP contribution in [0.2, 0.25) is 0 Å². The van der Waals surface area contributed by atoms with Gasteiger partial charge in [-0.05, 0) is 30.5 Å². The molecule has 0 spiro atoms. The average Bonchev–Trinajstić information content (AvgIpc) is 2.73. The minimum Gasteiger partial charge on any atom is -0.396 e. The van der Waals surface area contributed by atoms with Crippen molar-refractivity contribution in [1.29, 1.82) is 0 Å². The zero-order valence-corrected chi connectivity index (χ0v) is 10.5. The second kappa shape index (κ2) is 4.78. The normalized spacial score (nSPS) is 22.8. The van der Waals surface area contributed by atoms with Gasteiger partial charge < -0.3 is 10.8 Å². The van der Waals surface area contributed by atoms with E-state index in [9.17, 15) is 5.11 Å². The lowest BCUT2D eigenvalue weighted by atomic mass is 9.80. The molecule has 0 amide bonds. The minimum atomic E-state index is -0.136. The largest absolute Gasteiger partial charge is 0.396 e. The first-order chi connectivity index (χ1) is 7.68. The predicted octanol–water partition coefficient (Wildman–Crippen LogP) is 2.22. The van der Waals surface area contributed by atoms with Crippen LogP contribution in [0.25, 0.3) is 0 Å². The number of hydrogen-bond acceptors (Lipinski definition) is 3. The molecular formula is C13H19NOS. The van der Waals surface area contributed by atoms with Gasteiger partial charge >= 0.3 is 0 Å². The number of aliphatic hydroxyl groups excluding tert-OH is 1. The zero-order chi connectivity index (χ0) is 11.6. The van der Waals surface area contributed by atoms with Crippen molar-refractivity contribution < 1.29 is 5.11 Å². The maximum atomic E-state index is 9.41. The van der Waals surface area contributed by atoms with Crippen molar-refractivity contribution in [2.75, 3.05) is 18.9 Å². The van der Waals surface area contributed by atoms with Gasteiger partial charge in [0.1, 0.15) is 0 Å². The van der Waals surface area contributed by atoms with E-state index in [1.54, 1.807) is 0 Å². The van der Waals surface area contributed by atoms with Crippen LogP contribution in [0.3, 0.4) is 0 Å². The highest BCUT2D eigenvalue weighted by molar-refractivity contribution is 7.99. The molecule has 0 saturated heterocycles. The lowest BCUT2D eigenvalue weighted by Gasteiger charge is -2.28. The lowest BCUT2D eigenvalue weighted by Crippen LogP contribution is -2.32. The molecule has 16 heavy (non-hydrogen) atoms. The molecule has 0 aromatic heterocycles. The van der Waals surface area contributed by atoms with Gasteiger partial charge in [0.05, 0.1) is 0 Å². The quantitative estimate of drug-likeness (QED) is 0.844. The van der Waals surface area contributed by atoms with Gasteiger partial charge in [0, 0.05) is 22.7 Å². The van der Waals surface area contributed by atoms with Crippen molar-refractivity contribution in [3.63, 3.8) is 0 Å². The summed E-state index contributed by atoms with van der Waals surface area (Å²) >= 11 is 1.92. The number of thioether (sulfide) groups is 1. The van der Waals surface area contributed by atoms with Gasteiger partial charge in [-0.2, -0.15) is 0 Å². The SMILES string of the molecule is CC(CN)(CO)CC1CSc2ccccc21. The van der Waals surface area contributed by atoms with Crippen LogP contribution in [0.1, 0.15) is 24.8 Å². The number of hydrogen-bond donors (Lipinski definition) is 2. The molecule has 88 valence electrons. The standard InChI is InChI=1S/C13H19NOS/c1-13(8-14,9-15)6-10-7-16-12-5-3-2-4-11(10)12/h2-5,10,15H,6-9,14H2,1H3. The third-order valence-corrected chi connectivity index (χ3v) is 4.66. The van der Waals surface area contributed by atoms with Gasteiger partial charge in [0.15, 0.2) is 0 Å². The minimum absolute atomic E-state index is 0.136. The Kier molecular flexibility index (Phi) is 3.57. The van der Waals surface area contributed by atoms with Crippen LogP contribution >= 0.6 is 11.8 Å². The Bertz CT molecular complexity index is 363. The second-order valence-electron chi connectivity index (χ2n) is 4.92. The van der Waals surface area contributed by atoms with Gasteiger partial charge in [0.25, 0.3) is 0 Å². The van der Waals surface area contributed by atoms with Crippen LogP contribution in [0.15, 0.2) is 29.2 Å². The molecule has 3 N–H and O–H groups in total. The van der Waals surface area contributed by atoms with Crippen LogP contribution in [-0.4, -0.2) is 24.0 Å². The molecule has 0 saturated carbocycles. The summed E-state index contributed by atoms with van der Waals surface area (Å²) in [5.74, 6) is 1.66. The summed E-state index contributed by atoms with van der Waals surface area (Å²) in [7, 11) is 0. The van der Waals surface area contributed by atoms with Crippen molar-refractivity contribution in [2.45, 2.75) is 24.2 Å². The maximum absolute atomic E-state index is 9.41. The Morgan fingerprint density at radius 3 is 2.94 bits per heavy atom. The Balaban J connectivity index is 2.14. The molecular weight excluding hydrogens is 218 g/mol. The summed E-state index contributed by atoms with van der Waals surface area (Å²) in [6.45, 7) is 2.79. The molecule has 2 nitrogen and oxygen atoms in total. The summed E-state index contributed by atoms with van der Waals surface area (Å²) in [4.78, 5) is 1.39. The smallest absolute Gasteiger partial charge is 0.0497 e. The fourth-order valence-electron chi connectivity index (χ4n) is 2.21. The predicted molar refractivity (Wildman–Crippen MR) is 68.8 cm³/mol. The first-order valence-electron chi connectivity index (χ1n) is 5.71. The Labute approximate surface area is 101 Å². The number of fused-ring (bicyclic) bond motifs is 1. The van der Waals surface area contributed by atoms with Crippen molar-refractivity contribution in [3.05, 3.63) is 29.8 Å². The van der Waals surface area contributed by atoms with Gasteiger partial charge in [-0.1, -0.05) is 25.1 Å². The summed E-state index contributed by atoms with van der Waals surface area (Å²) in [5, 5.41) is 9.41. The zero-order valence-electron chi connectivity index (χ0n) is 9.65. The summed E-state index contributed by atoms with van der Waals surface area (Å²) < 4.78 is 0. The van der Waals surface area contributed by atoms with E-state index >= 15 is 0 Å². The van der Waals surface area contributed by atoms with Crippen molar-refractivity contribution in [1.82, 2.24) is 0 Å². The Morgan fingerprint density at radius 2 is 2.25 bits per heavy atom. The molecule has 2 atom stereocenters. The van der Waals surface area contributed by atoms with E-state index in [1.807, 2.05) is 11.8 Å². The Hall–Kier alpha value is -0.510.